The number of ether oxygens (including phenoxy) is 2. The van der Waals surface area contributed by atoms with Gasteiger partial charge in [0.05, 0.1) is 12.2 Å². The highest BCUT2D eigenvalue weighted by molar-refractivity contribution is 7.87. The van der Waals surface area contributed by atoms with Crippen molar-refractivity contribution in [1.29, 1.82) is 0 Å². The molecule has 7 nitrogen and oxygen atoms in total. The third kappa shape index (κ3) is 4.10. The summed E-state index contributed by atoms with van der Waals surface area (Å²) in [5, 5.41) is -4.69. The van der Waals surface area contributed by atoms with Gasteiger partial charge in [-0.05, 0) is 27.7 Å². The Morgan fingerprint density at radius 1 is 1.10 bits per heavy atom. The van der Waals surface area contributed by atoms with E-state index in [0.29, 0.717) is 0 Å². The Morgan fingerprint density at radius 3 is 1.80 bits per heavy atom. The van der Waals surface area contributed by atoms with Gasteiger partial charge in [0.1, 0.15) is 10.1 Å². The van der Waals surface area contributed by atoms with Crippen molar-refractivity contribution in [2.75, 3.05) is 0 Å². The van der Waals surface area contributed by atoms with Crippen LogP contribution in [0.25, 0.3) is 0 Å². The second kappa shape index (κ2) is 6.44. The molecular weight excluding hydrogens is 302 g/mol. The van der Waals surface area contributed by atoms with Crippen molar-refractivity contribution >= 4 is 22.1 Å². The number of carbonyl (C=O) groups excluding carboxylic acids is 2. The van der Waals surface area contributed by atoms with Gasteiger partial charge >= 0.3 is 16.9 Å². The predicted octanol–water partition coefficient (Wildman–Crippen LogP) is 0.439. The van der Waals surface area contributed by atoms with E-state index in [-0.39, 0.29) is 0 Å². The first-order chi connectivity index (χ1) is 8.84. The van der Waals surface area contributed by atoms with Gasteiger partial charge in [-0.1, -0.05) is 0 Å². The Bertz CT molecular complexity index is 474. The van der Waals surface area contributed by atoms with Crippen LogP contribution in [0.15, 0.2) is 0 Å². The molecule has 10 heteroatoms. The predicted molar refractivity (Wildman–Crippen MR) is 60.9 cm³/mol. The van der Waals surface area contributed by atoms with E-state index in [1.165, 1.54) is 27.7 Å². The van der Waals surface area contributed by atoms with Gasteiger partial charge in [-0.15, -0.1) is 0 Å². The van der Waals surface area contributed by atoms with Crippen LogP contribution in [0, 0.1) is 0 Å². The summed E-state index contributed by atoms with van der Waals surface area (Å²) in [6.07, 6.45) is -5.56. The third-order valence-electron chi connectivity index (χ3n) is 1.87. The number of rotatable bonds is 6. The van der Waals surface area contributed by atoms with Gasteiger partial charge in [0.15, 0.2) is 0 Å². The van der Waals surface area contributed by atoms with Gasteiger partial charge in [0, 0.05) is 0 Å². The Hall–Kier alpha value is -1.29. The normalized spacial score (nSPS) is 16.6. The van der Waals surface area contributed by atoms with E-state index in [4.69, 9.17) is 0 Å². The summed E-state index contributed by atoms with van der Waals surface area (Å²) in [6, 6.07) is 0. The summed E-state index contributed by atoms with van der Waals surface area (Å²) in [4.78, 5) is 22.5. The molecule has 0 rings (SSSR count). The quantitative estimate of drug-likeness (QED) is 0.516. The second-order valence-corrected chi connectivity index (χ2v) is 5.90. The van der Waals surface area contributed by atoms with Crippen LogP contribution in [0.5, 0.6) is 0 Å². The van der Waals surface area contributed by atoms with Crippen LogP contribution in [0.2, 0.25) is 0 Å². The molecule has 0 spiro atoms. The van der Waals surface area contributed by atoms with E-state index in [1.54, 1.807) is 0 Å². The Kier molecular flexibility index (Phi) is 6.02. The number of halogens is 2. The van der Waals surface area contributed by atoms with E-state index in [9.17, 15) is 31.3 Å². The van der Waals surface area contributed by atoms with Crippen molar-refractivity contribution < 1.29 is 40.8 Å². The molecule has 0 aliphatic heterocycles. The van der Waals surface area contributed by atoms with Gasteiger partial charge in [-0.3, -0.25) is 0 Å². The molecule has 0 saturated carbocycles. The van der Waals surface area contributed by atoms with E-state index in [0.717, 1.165) is 0 Å². The van der Waals surface area contributed by atoms with Crippen molar-refractivity contribution in [2.24, 2.45) is 0 Å². The molecule has 2 unspecified atom stereocenters. The maximum atomic E-state index is 14.1. The molecule has 0 bridgehead atoms. The van der Waals surface area contributed by atoms with E-state index >= 15 is 0 Å². The molecule has 0 aliphatic rings. The van der Waals surface area contributed by atoms with E-state index in [2.05, 4.69) is 9.47 Å². The number of alkyl halides is 2. The highest BCUT2D eigenvalue weighted by Crippen LogP contribution is 2.29. The molecule has 0 aliphatic carbocycles. The molecule has 0 N–H and O–H groups in total. The Balaban J connectivity index is 5.57. The summed E-state index contributed by atoms with van der Waals surface area (Å²) >= 11 is 0. The van der Waals surface area contributed by atoms with Crippen LogP contribution in [-0.4, -0.2) is 48.3 Å². The lowest BCUT2D eigenvalue weighted by Gasteiger charge is -2.28. The molecule has 0 fully saturated rings. The van der Waals surface area contributed by atoms with Crippen LogP contribution >= 0.6 is 0 Å². The van der Waals surface area contributed by atoms with Gasteiger partial charge in [-0.25, -0.2) is 26.8 Å². The molecule has 0 amide bonds. The van der Waals surface area contributed by atoms with Crippen molar-refractivity contribution in [1.82, 2.24) is 0 Å². The maximum absolute atomic E-state index is 14.1. The fraction of sp³-hybridized carbons (Fsp3) is 0.800. The average molecular weight is 317 g/mol. The minimum Gasteiger partial charge on any atom is -0.745 e. The molecular formula is C10H15F2O7S-. The lowest BCUT2D eigenvalue weighted by Crippen LogP contribution is -2.55. The summed E-state index contributed by atoms with van der Waals surface area (Å²) < 4.78 is 68.7. The maximum Gasteiger partial charge on any atom is 0.362 e. The first-order valence-corrected chi connectivity index (χ1v) is 6.94. The molecule has 2 atom stereocenters. The minimum absolute atomic E-state index is 0.902. The van der Waals surface area contributed by atoms with Gasteiger partial charge in [0.2, 0.25) is 0 Å². The van der Waals surface area contributed by atoms with Crippen LogP contribution in [0.4, 0.5) is 8.78 Å². The minimum atomic E-state index is -6.16. The van der Waals surface area contributed by atoms with E-state index in [1.807, 2.05) is 0 Å². The topological polar surface area (TPSA) is 110 Å². The third-order valence-corrected chi connectivity index (χ3v) is 2.97. The number of hydrogen-bond acceptors (Lipinski definition) is 7. The van der Waals surface area contributed by atoms with Crippen molar-refractivity contribution in [2.45, 2.75) is 51.1 Å². The Morgan fingerprint density at radius 2 is 1.50 bits per heavy atom. The standard InChI is InChI=1S/C10H16F2O7S/c1-5(2)18-8(13)7(11)10(12,20(15,16)17)9(14)19-6(3)4/h5-7H,1-4H3,(H,15,16,17)/p-1. The van der Waals surface area contributed by atoms with Crippen LogP contribution in [0.1, 0.15) is 27.7 Å². The fourth-order valence-corrected chi connectivity index (χ4v) is 1.67. The molecule has 0 heterocycles. The van der Waals surface area contributed by atoms with Crippen molar-refractivity contribution in [3.8, 4) is 0 Å². The van der Waals surface area contributed by atoms with Gasteiger partial charge in [-0.2, -0.15) is 0 Å². The summed E-state index contributed by atoms with van der Waals surface area (Å²) in [6.45, 7) is 5.00. The zero-order chi connectivity index (χ0) is 16.3. The fourth-order valence-electron chi connectivity index (χ4n) is 1.07. The van der Waals surface area contributed by atoms with Crippen molar-refractivity contribution in [3.05, 3.63) is 0 Å². The van der Waals surface area contributed by atoms with Crippen LogP contribution in [-0.2, 0) is 29.2 Å². The lowest BCUT2D eigenvalue weighted by molar-refractivity contribution is -0.171. The number of esters is 2. The summed E-state index contributed by atoms with van der Waals surface area (Å²) in [7, 11) is -6.16. The molecule has 0 saturated heterocycles. The first-order valence-electron chi connectivity index (χ1n) is 5.54. The lowest BCUT2D eigenvalue weighted by atomic mass is 10.2. The van der Waals surface area contributed by atoms with Gasteiger partial charge < -0.3 is 14.0 Å². The number of hydrogen-bond donors (Lipinski definition) is 0. The summed E-state index contributed by atoms with van der Waals surface area (Å²) in [5.41, 5.74) is 0. The molecule has 0 aromatic rings. The first kappa shape index (κ1) is 18.7. The zero-order valence-corrected chi connectivity index (χ0v) is 12.1. The highest BCUT2D eigenvalue weighted by Gasteiger charge is 2.59. The number of carbonyl (C=O) groups is 2. The molecule has 20 heavy (non-hydrogen) atoms. The molecule has 0 aromatic heterocycles. The van der Waals surface area contributed by atoms with Crippen LogP contribution < -0.4 is 0 Å². The van der Waals surface area contributed by atoms with E-state index < -0.39 is 45.4 Å². The largest absolute Gasteiger partial charge is 0.745 e. The Labute approximate surface area is 115 Å². The summed E-state index contributed by atoms with van der Waals surface area (Å²) in [5.74, 6) is -4.28. The van der Waals surface area contributed by atoms with Crippen LogP contribution in [0.3, 0.4) is 0 Å². The molecule has 118 valence electrons. The monoisotopic (exact) mass is 317 g/mol. The average Bonchev–Trinajstić information content (AvgIpc) is 2.23. The van der Waals surface area contributed by atoms with Crippen molar-refractivity contribution in [3.63, 3.8) is 0 Å². The van der Waals surface area contributed by atoms with Gasteiger partial charge in [0.25, 0.3) is 6.17 Å². The molecule has 0 radical (unpaired) electrons. The second-order valence-electron chi connectivity index (χ2n) is 4.40. The molecule has 0 aromatic carbocycles. The highest BCUT2D eigenvalue weighted by atomic mass is 32.2. The smallest absolute Gasteiger partial charge is 0.362 e. The SMILES string of the molecule is CC(C)OC(=O)C(F)C(F)(C(=O)OC(C)C)S(=O)(=O)[O-]. The zero-order valence-electron chi connectivity index (χ0n) is 11.3.